The molecule has 1 unspecified atom stereocenters. The normalized spacial score (nSPS) is 20.8. The van der Waals surface area contributed by atoms with Crippen LogP contribution in [0, 0.1) is 0 Å². The molecule has 1 aliphatic rings. The summed E-state index contributed by atoms with van der Waals surface area (Å²) in [5.74, 6) is 0. The van der Waals surface area contributed by atoms with Crippen LogP contribution in [0.25, 0.3) is 0 Å². The van der Waals surface area contributed by atoms with Gasteiger partial charge in [-0.05, 0) is 18.4 Å². The van der Waals surface area contributed by atoms with Crippen molar-refractivity contribution in [3.8, 4) is 0 Å². The highest BCUT2D eigenvalue weighted by Gasteiger charge is 2.30. The smallest absolute Gasteiger partial charge is 0.203 e. The first-order valence-corrected chi connectivity index (χ1v) is 7.77. The molecule has 1 fully saturated rings. The van der Waals surface area contributed by atoms with Crippen molar-refractivity contribution in [1.29, 1.82) is 0 Å². The Morgan fingerprint density at radius 1 is 1.44 bits per heavy atom. The average molecular weight is 260 g/mol. The van der Waals surface area contributed by atoms with Gasteiger partial charge in [0, 0.05) is 26.2 Å². The predicted molar refractivity (Wildman–Crippen MR) is 65.4 cm³/mol. The van der Waals surface area contributed by atoms with Gasteiger partial charge in [-0.2, -0.15) is 0 Å². The molecule has 0 radical (unpaired) electrons. The van der Waals surface area contributed by atoms with Crippen molar-refractivity contribution in [3.63, 3.8) is 0 Å². The second-order valence-electron chi connectivity index (χ2n) is 3.86. The van der Waals surface area contributed by atoms with Gasteiger partial charge in [-0.15, -0.1) is 11.3 Å². The van der Waals surface area contributed by atoms with Gasteiger partial charge in [-0.1, -0.05) is 6.07 Å². The van der Waals surface area contributed by atoms with Gasteiger partial charge in [0.15, 0.2) is 0 Å². The minimum absolute atomic E-state index is 0.423. The van der Waals surface area contributed by atoms with Crippen LogP contribution in [-0.2, 0) is 9.84 Å². The maximum Gasteiger partial charge on any atom is 0.203 e. The number of hydrogen-bond donors (Lipinski definition) is 1. The number of thiophene rings is 1. The van der Waals surface area contributed by atoms with Crippen LogP contribution in [0.4, 0.5) is 0 Å². The Morgan fingerprint density at radius 2 is 2.12 bits per heavy atom. The van der Waals surface area contributed by atoms with E-state index in [9.17, 15) is 8.42 Å². The van der Waals surface area contributed by atoms with E-state index in [1.807, 2.05) is 4.90 Å². The molecule has 4 nitrogen and oxygen atoms in total. The molecular weight excluding hydrogens is 244 g/mol. The van der Waals surface area contributed by atoms with E-state index in [0.717, 1.165) is 26.2 Å². The summed E-state index contributed by atoms with van der Waals surface area (Å²) >= 11 is 1.29. The fraction of sp³-hybridized carbons (Fsp3) is 0.600. The molecule has 1 saturated heterocycles. The van der Waals surface area contributed by atoms with Crippen LogP contribution in [0.1, 0.15) is 6.92 Å². The zero-order chi connectivity index (χ0) is 11.6. The summed E-state index contributed by atoms with van der Waals surface area (Å²) in [6.45, 7) is 5.10. The van der Waals surface area contributed by atoms with Crippen LogP contribution >= 0.6 is 11.3 Å². The fourth-order valence-corrected chi connectivity index (χ4v) is 4.61. The topological polar surface area (TPSA) is 49.4 Å². The van der Waals surface area contributed by atoms with Crippen LogP contribution < -0.4 is 5.32 Å². The molecule has 1 atom stereocenters. The molecule has 1 aromatic rings. The van der Waals surface area contributed by atoms with Gasteiger partial charge in [-0.3, -0.25) is 4.90 Å². The number of nitrogens with one attached hydrogen (secondary N) is 1. The molecule has 0 bridgehead atoms. The highest BCUT2D eigenvalue weighted by molar-refractivity contribution is 7.93. The third-order valence-electron chi connectivity index (χ3n) is 2.89. The van der Waals surface area contributed by atoms with Crippen molar-refractivity contribution in [2.24, 2.45) is 0 Å². The second-order valence-corrected chi connectivity index (χ2v) is 7.28. The summed E-state index contributed by atoms with van der Waals surface area (Å²) in [6.07, 6.45) is 0. The molecule has 0 saturated carbocycles. The van der Waals surface area contributed by atoms with Gasteiger partial charge in [0.2, 0.25) is 9.84 Å². The molecule has 0 spiro atoms. The summed E-state index contributed by atoms with van der Waals surface area (Å²) < 4.78 is 25.0. The molecule has 0 amide bonds. The van der Waals surface area contributed by atoms with Crippen molar-refractivity contribution in [2.45, 2.75) is 16.5 Å². The van der Waals surface area contributed by atoms with E-state index in [-0.39, 0.29) is 0 Å². The molecule has 0 aromatic carbocycles. The highest BCUT2D eigenvalue weighted by Crippen LogP contribution is 2.23. The Balaban J connectivity index is 2.17. The number of nitrogens with zero attached hydrogens (tertiary/aromatic N) is 1. The molecule has 2 rings (SSSR count). The first kappa shape index (κ1) is 12.0. The number of rotatable bonds is 3. The summed E-state index contributed by atoms with van der Waals surface area (Å²) in [7, 11) is -3.18. The molecule has 6 heteroatoms. The molecule has 0 aliphatic carbocycles. The van der Waals surface area contributed by atoms with Gasteiger partial charge in [-0.25, -0.2) is 8.42 Å². The minimum atomic E-state index is -3.18. The standard InChI is InChI=1S/C10H16N2O2S2/c1-9(12-6-4-11-5-7-12)16(13,14)10-3-2-8-15-10/h2-3,8-9,11H,4-7H2,1H3. The molecule has 1 N–H and O–H groups in total. The lowest BCUT2D eigenvalue weighted by atomic mass is 10.4. The van der Waals surface area contributed by atoms with Crippen molar-refractivity contribution in [2.75, 3.05) is 26.2 Å². The van der Waals surface area contributed by atoms with Gasteiger partial charge in [0.1, 0.15) is 9.58 Å². The lowest BCUT2D eigenvalue weighted by molar-refractivity contribution is 0.227. The Bertz CT molecular complexity index is 422. The summed E-state index contributed by atoms with van der Waals surface area (Å²) in [6, 6.07) is 3.46. The van der Waals surface area contributed by atoms with Crippen molar-refractivity contribution >= 4 is 21.2 Å². The maximum absolute atomic E-state index is 12.2. The second kappa shape index (κ2) is 4.83. The van der Waals surface area contributed by atoms with Crippen LogP contribution in [0.2, 0.25) is 0 Å². The summed E-state index contributed by atoms with van der Waals surface area (Å²) in [5, 5.41) is 4.60. The van der Waals surface area contributed by atoms with E-state index < -0.39 is 15.2 Å². The van der Waals surface area contributed by atoms with E-state index in [1.165, 1.54) is 11.3 Å². The number of hydrogen-bond acceptors (Lipinski definition) is 5. The molecule has 90 valence electrons. The minimum Gasteiger partial charge on any atom is -0.314 e. The maximum atomic E-state index is 12.2. The largest absolute Gasteiger partial charge is 0.314 e. The monoisotopic (exact) mass is 260 g/mol. The average Bonchev–Trinajstić information content (AvgIpc) is 2.83. The van der Waals surface area contributed by atoms with Gasteiger partial charge in [0.25, 0.3) is 0 Å². The highest BCUT2D eigenvalue weighted by atomic mass is 32.2. The van der Waals surface area contributed by atoms with E-state index in [4.69, 9.17) is 0 Å². The van der Waals surface area contributed by atoms with Gasteiger partial charge >= 0.3 is 0 Å². The van der Waals surface area contributed by atoms with Crippen LogP contribution in [0.15, 0.2) is 21.7 Å². The Morgan fingerprint density at radius 3 is 2.69 bits per heavy atom. The summed E-state index contributed by atoms with van der Waals surface area (Å²) in [5.41, 5.74) is 0. The van der Waals surface area contributed by atoms with Crippen LogP contribution in [-0.4, -0.2) is 44.9 Å². The zero-order valence-corrected chi connectivity index (χ0v) is 10.9. The quantitative estimate of drug-likeness (QED) is 0.872. The zero-order valence-electron chi connectivity index (χ0n) is 9.22. The number of sulfone groups is 1. The van der Waals surface area contributed by atoms with Gasteiger partial charge < -0.3 is 5.32 Å². The molecule has 16 heavy (non-hydrogen) atoms. The first-order valence-electron chi connectivity index (χ1n) is 5.34. The van der Waals surface area contributed by atoms with Crippen molar-refractivity contribution in [1.82, 2.24) is 10.2 Å². The van der Waals surface area contributed by atoms with E-state index >= 15 is 0 Å². The third-order valence-corrected chi connectivity index (χ3v) is 6.43. The predicted octanol–water partition coefficient (Wildman–Crippen LogP) is 0.773. The number of piperazine rings is 1. The van der Waals surface area contributed by atoms with Crippen LogP contribution in [0.5, 0.6) is 0 Å². The van der Waals surface area contributed by atoms with Crippen molar-refractivity contribution in [3.05, 3.63) is 17.5 Å². The van der Waals surface area contributed by atoms with E-state index in [0.29, 0.717) is 4.21 Å². The molecule has 1 aliphatic heterocycles. The molecular formula is C10H16N2O2S2. The lowest BCUT2D eigenvalue weighted by Crippen LogP contribution is -2.49. The first-order chi connectivity index (χ1) is 7.62. The Hall–Kier alpha value is -0.430. The third kappa shape index (κ3) is 2.29. The van der Waals surface area contributed by atoms with Gasteiger partial charge in [0.05, 0.1) is 0 Å². The SMILES string of the molecule is CC(N1CCNCC1)S(=O)(=O)c1cccs1. The molecule has 1 aromatic heterocycles. The fourth-order valence-electron chi connectivity index (χ4n) is 1.84. The Labute approximate surface area is 100 Å². The summed E-state index contributed by atoms with van der Waals surface area (Å²) in [4.78, 5) is 2.02. The Kier molecular flexibility index (Phi) is 3.63. The lowest BCUT2D eigenvalue weighted by Gasteiger charge is -2.31. The van der Waals surface area contributed by atoms with Crippen LogP contribution in [0.3, 0.4) is 0 Å². The molecule has 2 heterocycles. The van der Waals surface area contributed by atoms with E-state index in [2.05, 4.69) is 5.32 Å². The van der Waals surface area contributed by atoms with Crippen molar-refractivity contribution < 1.29 is 8.42 Å². The van der Waals surface area contributed by atoms with E-state index in [1.54, 1.807) is 24.4 Å².